The first-order chi connectivity index (χ1) is 9.33. The molecule has 0 bridgehead atoms. The number of hydrogen-bond acceptors (Lipinski definition) is 3. The average Bonchev–Trinajstić information content (AvgIpc) is 3.05. The zero-order valence-corrected chi connectivity index (χ0v) is 11.9. The smallest absolute Gasteiger partial charge is 0.176 e. The lowest BCUT2D eigenvalue weighted by atomic mass is 9.98. The van der Waals surface area contributed by atoms with Gasteiger partial charge in [0.2, 0.25) is 0 Å². The van der Waals surface area contributed by atoms with Gasteiger partial charge in [-0.05, 0) is 38.5 Å². The van der Waals surface area contributed by atoms with E-state index in [1.165, 1.54) is 19.3 Å². The summed E-state index contributed by atoms with van der Waals surface area (Å²) in [6, 6.07) is 0. The minimum absolute atomic E-state index is 0.250. The van der Waals surface area contributed by atoms with Crippen LogP contribution < -0.4 is 4.74 Å². The normalized spacial score (nSPS) is 24.8. The minimum atomic E-state index is 0.250. The molecule has 1 unspecified atom stereocenters. The quantitative estimate of drug-likeness (QED) is 0.850. The molecule has 3 rings (SSSR count). The summed E-state index contributed by atoms with van der Waals surface area (Å²) < 4.78 is 13.4. The van der Waals surface area contributed by atoms with Crippen LogP contribution in [0.25, 0.3) is 0 Å². The Labute approximate surface area is 119 Å². The predicted molar refractivity (Wildman–Crippen MR) is 73.7 cm³/mol. The SMILES string of the molecule is Clc1c(OC2CCCCC2)cnn1CC1CCCO1. The predicted octanol–water partition coefficient (Wildman–Crippen LogP) is 3.43. The third-order valence-corrected chi connectivity index (χ3v) is 4.37. The van der Waals surface area contributed by atoms with Crippen LogP contribution >= 0.6 is 11.6 Å². The fourth-order valence-corrected chi connectivity index (χ4v) is 3.11. The Bertz CT molecular complexity index is 410. The molecule has 1 aromatic rings. The summed E-state index contributed by atoms with van der Waals surface area (Å²) in [5.41, 5.74) is 0. The van der Waals surface area contributed by atoms with Crippen LogP contribution in [0.15, 0.2) is 6.20 Å². The van der Waals surface area contributed by atoms with Crippen molar-refractivity contribution >= 4 is 11.6 Å². The fraction of sp³-hybridized carbons (Fsp3) is 0.786. The van der Waals surface area contributed by atoms with E-state index in [9.17, 15) is 0 Å². The van der Waals surface area contributed by atoms with E-state index in [0.29, 0.717) is 11.3 Å². The molecule has 1 aromatic heterocycles. The second-order valence-corrected chi connectivity index (χ2v) is 5.85. The number of halogens is 1. The summed E-state index contributed by atoms with van der Waals surface area (Å²) in [6.45, 7) is 1.59. The standard InChI is InChI=1S/C14H21ClN2O2/c15-14-13(19-11-5-2-1-3-6-11)9-16-17(14)10-12-7-4-8-18-12/h9,11-12H,1-8,10H2. The number of aromatic nitrogens is 2. The summed E-state index contributed by atoms with van der Waals surface area (Å²) in [4.78, 5) is 0. The number of rotatable bonds is 4. The van der Waals surface area contributed by atoms with Crippen LogP contribution in [0, 0.1) is 0 Å². The lowest BCUT2D eigenvalue weighted by molar-refractivity contribution is 0.0938. The van der Waals surface area contributed by atoms with E-state index in [4.69, 9.17) is 21.1 Å². The molecule has 0 amide bonds. The molecule has 4 nitrogen and oxygen atoms in total. The van der Waals surface area contributed by atoms with Gasteiger partial charge >= 0.3 is 0 Å². The summed E-state index contributed by atoms with van der Waals surface area (Å²) in [7, 11) is 0. The maximum Gasteiger partial charge on any atom is 0.176 e. The van der Waals surface area contributed by atoms with Gasteiger partial charge in [-0.15, -0.1) is 0 Å². The molecule has 1 saturated carbocycles. The van der Waals surface area contributed by atoms with Crippen LogP contribution in [0.2, 0.25) is 5.15 Å². The first kappa shape index (κ1) is 13.3. The molecule has 19 heavy (non-hydrogen) atoms. The molecule has 1 saturated heterocycles. The Kier molecular flexibility index (Phi) is 4.28. The number of ether oxygens (including phenoxy) is 2. The Balaban J connectivity index is 1.60. The van der Waals surface area contributed by atoms with Gasteiger partial charge < -0.3 is 9.47 Å². The highest BCUT2D eigenvalue weighted by molar-refractivity contribution is 6.31. The van der Waals surface area contributed by atoms with Gasteiger partial charge in [0.15, 0.2) is 10.9 Å². The molecule has 1 atom stereocenters. The second-order valence-electron chi connectivity index (χ2n) is 5.49. The molecular formula is C14H21ClN2O2. The van der Waals surface area contributed by atoms with Gasteiger partial charge in [0, 0.05) is 6.61 Å². The van der Waals surface area contributed by atoms with Crippen molar-refractivity contribution in [2.75, 3.05) is 6.61 Å². The van der Waals surface area contributed by atoms with E-state index in [1.807, 2.05) is 0 Å². The largest absolute Gasteiger partial charge is 0.486 e. The van der Waals surface area contributed by atoms with Crippen LogP contribution in [0.3, 0.4) is 0 Å². The molecule has 2 heterocycles. The van der Waals surface area contributed by atoms with E-state index in [0.717, 1.165) is 44.6 Å². The maximum absolute atomic E-state index is 6.34. The van der Waals surface area contributed by atoms with E-state index in [-0.39, 0.29) is 6.10 Å². The third kappa shape index (κ3) is 3.23. The van der Waals surface area contributed by atoms with Gasteiger partial charge in [0.1, 0.15) is 0 Å². The van der Waals surface area contributed by atoms with Crippen molar-refractivity contribution in [1.82, 2.24) is 9.78 Å². The molecule has 106 valence electrons. The van der Waals surface area contributed by atoms with Crippen LogP contribution in [0.1, 0.15) is 44.9 Å². The number of nitrogens with zero attached hydrogens (tertiary/aromatic N) is 2. The highest BCUT2D eigenvalue weighted by Crippen LogP contribution is 2.29. The molecule has 2 fully saturated rings. The van der Waals surface area contributed by atoms with E-state index >= 15 is 0 Å². The molecule has 5 heteroatoms. The van der Waals surface area contributed by atoms with Crippen molar-refractivity contribution in [3.8, 4) is 5.75 Å². The maximum atomic E-state index is 6.34. The van der Waals surface area contributed by atoms with Crippen molar-refractivity contribution in [2.45, 2.75) is 63.7 Å². The van der Waals surface area contributed by atoms with Gasteiger partial charge in [-0.2, -0.15) is 5.10 Å². The minimum Gasteiger partial charge on any atom is -0.486 e. The fourth-order valence-electron chi connectivity index (χ4n) is 2.90. The topological polar surface area (TPSA) is 36.3 Å². The van der Waals surface area contributed by atoms with Crippen molar-refractivity contribution in [3.05, 3.63) is 11.3 Å². The first-order valence-electron chi connectivity index (χ1n) is 7.32. The molecular weight excluding hydrogens is 264 g/mol. The van der Waals surface area contributed by atoms with Crippen molar-refractivity contribution in [3.63, 3.8) is 0 Å². The molecule has 1 aliphatic carbocycles. The lowest BCUT2D eigenvalue weighted by Gasteiger charge is -2.22. The zero-order chi connectivity index (χ0) is 13.1. The Morgan fingerprint density at radius 3 is 2.84 bits per heavy atom. The van der Waals surface area contributed by atoms with Gasteiger partial charge in [-0.3, -0.25) is 0 Å². The monoisotopic (exact) mass is 284 g/mol. The van der Waals surface area contributed by atoms with Gasteiger partial charge in [0.05, 0.1) is 24.9 Å². The summed E-state index contributed by atoms with van der Waals surface area (Å²) in [5, 5.41) is 4.94. The van der Waals surface area contributed by atoms with Gasteiger partial charge in [0.25, 0.3) is 0 Å². The lowest BCUT2D eigenvalue weighted by Crippen LogP contribution is -2.20. The summed E-state index contributed by atoms with van der Waals surface area (Å²) >= 11 is 6.34. The van der Waals surface area contributed by atoms with Crippen LogP contribution in [0.5, 0.6) is 5.75 Å². The van der Waals surface area contributed by atoms with Crippen LogP contribution in [-0.4, -0.2) is 28.6 Å². The molecule has 2 aliphatic rings. The molecule has 0 aromatic carbocycles. The van der Waals surface area contributed by atoms with Crippen LogP contribution in [-0.2, 0) is 11.3 Å². The molecule has 0 N–H and O–H groups in total. The van der Waals surface area contributed by atoms with Crippen molar-refractivity contribution in [2.24, 2.45) is 0 Å². The van der Waals surface area contributed by atoms with Crippen molar-refractivity contribution in [1.29, 1.82) is 0 Å². The third-order valence-electron chi connectivity index (χ3n) is 3.99. The number of hydrogen-bond donors (Lipinski definition) is 0. The van der Waals surface area contributed by atoms with Crippen LogP contribution in [0.4, 0.5) is 0 Å². The summed E-state index contributed by atoms with van der Waals surface area (Å²) in [6.07, 6.45) is 10.6. The Morgan fingerprint density at radius 1 is 1.26 bits per heavy atom. The molecule has 1 aliphatic heterocycles. The van der Waals surface area contributed by atoms with E-state index in [2.05, 4.69) is 5.10 Å². The second kappa shape index (κ2) is 6.14. The first-order valence-corrected chi connectivity index (χ1v) is 7.70. The van der Waals surface area contributed by atoms with Crippen molar-refractivity contribution < 1.29 is 9.47 Å². The molecule has 0 radical (unpaired) electrons. The Morgan fingerprint density at radius 2 is 2.11 bits per heavy atom. The van der Waals surface area contributed by atoms with Gasteiger partial charge in [-0.25, -0.2) is 4.68 Å². The van der Waals surface area contributed by atoms with Gasteiger partial charge in [-0.1, -0.05) is 18.0 Å². The van der Waals surface area contributed by atoms with E-state index < -0.39 is 0 Å². The van der Waals surface area contributed by atoms with E-state index in [1.54, 1.807) is 10.9 Å². The average molecular weight is 285 g/mol. The highest BCUT2D eigenvalue weighted by Gasteiger charge is 2.21. The Hall–Kier alpha value is -0.740. The highest BCUT2D eigenvalue weighted by atomic mass is 35.5. The summed E-state index contributed by atoms with van der Waals surface area (Å²) in [5.74, 6) is 0.728. The molecule has 0 spiro atoms. The zero-order valence-electron chi connectivity index (χ0n) is 11.2.